The molecule has 2 aromatic rings. The topological polar surface area (TPSA) is 84.6 Å². The molecular weight excluding hydrogens is 268 g/mol. The molecule has 21 heavy (non-hydrogen) atoms. The van der Waals surface area contributed by atoms with Gasteiger partial charge in [-0.15, -0.1) is 0 Å². The number of rotatable bonds is 6. The Morgan fingerprint density at radius 2 is 2.10 bits per heavy atom. The van der Waals surface area contributed by atoms with Gasteiger partial charge < -0.3 is 20.9 Å². The summed E-state index contributed by atoms with van der Waals surface area (Å²) >= 11 is 0. The lowest BCUT2D eigenvalue weighted by Gasteiger charge is -2.10. The predicted octanol–water partition coefficient (Wildman–Crippen LogP) is 2.63. The van der Waals surface area contributed by atoms with Crippen LogP contribution in [0.2, 0.25) is 0 Å². The molecule has 2 aromatic carbocycles. The van der Waals surface area contributed by atoms with Crippen LogP contribution in [0.4, 0.5) is 11.4 Å². The van der Waals surface area contributed by atoms with Crippen LogP contribution >= 0.6 is 0 Å². The zero-order valence-corrected chi connectivity index (χ0v) is 11.8. The molecule has 110 valence electrons. The molecule has 0 unspecified atom stereocenters. The summed E-state index contributed by atoms with van der Waals surface area (Å²) in [5, 5.41) is 12.1. The third-order valence-electron chi connectivity index (χ3n) is 3.16. The fraction of sp³-hybridized carbons (Fsp3) is 0.188. The summed E-state index contributed by atoms with van der Waals surface area (Å²) in [4.78, 5) is 10.9. The summed E-state index contributed by atoms with van der Waals surface area (Å²) in [7, 11) is 1.63. The van der Waals surface area contributed by atoms with Gasteiger partial charge in [0.25, 0.3) is 0 Å². The first-order valence-electron chi connectivity index (χ1n) is 6.60. The molecule has 0 saturated carbocycles. The molecule has 0 aromatic heterocycles. The van der Waals surface area contributed by atoms with Crippen LogP contribution in [0.15, 0.2) is 42.5 Å². The van der Waals surface area contributed by atoms with E-state index in [-0.39, 0.29) is 5.56 Å². The highest BCUT2D eigenvalue weighted by Crippen LogP contribution is 2.20. The van der Waals surface area contributed by atoms with E-state index >= 15 is 0 Å². The summed E-state index contributed by atoms with van der Waals surface area (Å²) in [5.41, 5.74) is 8.36. The lowest BCUT2D eigenvalue weighted by Crippen LogP contribution is -2.08. The zero-order chi connectivity index (χ0) is 15.2. The van der Waals surface area contributed by atoms with E-state index in [1.54, 1.807) is 19.2 Å². The molecule has 0 atom stereocenters. The van der Waals surface area contributed by atoms with Gasteiger partial charge in [-0.25, -0.2) is 4.79 Å². The SMILES string of the molecule is COc1cccc(CCNc2cc(C(=O)O)ccc2N)c1. The molecular formula is C16H18N2O3. The highest BCUT2D eigenvalue weighted by molar-refractivity contribution is 5.90. The van der Waals surface area contributed by atoms with Crippen LogP contribution in [0, 0.1) is 0 Å². The van der Waals surface area contributed by atoms with Crippen LogP contribution in [-0.4, -0.2) is 24.7 Å². The van der Waals surface area contributed by atoms with Gasteiger partial charge in [0.1, 0.15) is 5.75 Å². The van der Waals surface area contributed by atoms with E-state index < -0.39 is 5.97 Å². The molecule has 0 fully saturated rings. The van der Waals surface area contributed by atoms with Crippen molar-refractivity contribution in [1.82, 2.24) is 0 Å². The second-order valence-corrected chi connectivity index (χ2v) is 4.64. The van der Waals surface area contributed by atoms with Gasteiger partial charge in [-0.2, -0.15) is 0 Å². The third kappa shape index (κ3) is 3.89. The van der Waals surface area contributed by atoms with Gasteiger partial charge in [-0.05, 0) is 42.3 Å². The molecule has 0 heterocycles. The van der Waals surface area contributed by atoms with Gasteiger partial charge in [0.15, 0.2) is 0 Å². The highest BCUT2D eigenvalue weighted by Gasteiger charge is 2.06. The maximum Gasteiger partial charge on any atom is 0.335 e. The zero-order valence-electron chi connectivity index (χ0n) is 11.8. The number of nitrogens with one attached hydrogen (secondary N) is 1. The maximum atomic E-state index is 10.9. The lowest BCUT2D eigenvalue weighted by molar-refractivity contribution is 0.0697. The van der Waals surface area contributed by atoms with Gasteiger partial charge in [0.2, 0.25) is 0 Å². The van der Waals surface area contributed by atoms with Crippen molar-refractivity contribution in [3.63, 3.8) is 0 Å². The minimum atomic E-state index is -0.967. The van der Waals surface area contributed by atoms with Gasteiger partial charge in [-0.1, -0.05) is 12.1 Å². The van der Waals surface area contributed by atoms with Crippen molar-refractivity contribution in [2.45, 2.75) is 6.42 Å². The van der Waals surface area contributed by atoms with Crippen LogP contribution in [0.3, 0.4) is 0 Å². The Balaban J connectivity index is 1.99. The van der Waals surface area contributed by atoms with Crippen molar-refractivity contribution in [3.05, 3.63) is 53.6 Å². The first kappa shape index (κ1) is 14.7. The molecule has 0 spiro atoms. The first-order valence-corrected chi connectivity index (χ1v) is 6.60. The van der Waals surface area contributed by atoms with E-state index in [1.165, 1.54) is 6.07 Å². The summed E-state index contributed by atoms with van der Waals surface area (Å²) in [6, 6.07) is 12.4. The first-order chi connectivity index (χ1) is 10.1. The van der Waals surface area contributed by atoms with Crippen molar-refractivity contribution in [2.24, 2.45) is 0 Å². The number of carbonyl (C=O) groups is 1. The number of aromatic carboxylic acids is 1. The molecule has 0 bridgehead atoms. The quantitative estimate of drug-likeness (QED) is 0.711. The predicted molar refractivity (Wildman–Crippen MR) is 83.0 cm³/mol. The molecule has 0 saturated heterocycles. The van der Waals surface area contributed by atoms with Gasteiger partial charge in [0, 0.05) is 6.54 Å². The van der Waals surface area contributed by atoms with Crippen LogP contribution in [0.25, 0.3) is 0 Å². The Bertz CT molecular complexity index is 641. The van der Waals surface area contributed by atoms with Gasteiger partial charge in [-0.3, -0.25) is 0 Å². The van der Waals surface area contributed by atoms with Crippen LogP contribution in [-0.2, 0) is 6.42 Å². The molecule has 5 heteroatoms. The lowest BCUT2D eigenvalue weighted by atomic mass is 10.1. The van der Waals surface area contributed by atoms with Crippen LogP contribution in [0.5, 0.6) is 5.75 Å². The average Bonchev–Trinajstić information content (AvgIpc) is 2.49. The van der Waals surface area contributed by atoms with E-state index in [9.17, 15) is 4.79 Å². The molecule has 0 aliphatic carbocycles. The number of carboxylic acid groups (broad SMARTS) is 1. The number of nitrogens with two attached hydrogens (primary N) is 1. The van der Waals surface area contributed by atoms with Gasteiger partial charge in [0.05, 0.1) is 24.0 Å². The van der Waals surface area contributed by atoms with E-state index in [2.05, 4.69) is 5.32 Å². The van der Waals surface area contributed by atoms with Crippen molar-refractivity contribution >= 4 is 17.3 Å². The minimum Gasteiger partial charge on any atom is -0.497 e. The van der Waals surface area contributed by atoms with Gasteiger partial charge >= 0.3 is 5.97 Å². The third-order valence-corrected chi connectivity index (χ3v) is 3.16. The second kappa shape index (κ2) is 6.65. The Kier molecular flexibility index (Phi) is 4.66. The molecule has 4 N–H and O–H groups in total. The molecule has 0 aliphatic rings. The summed E-state index contributed by atoms with van der Waals surface area (Å²) in [5.74, 6) is -0.147. The second-order valence-electron chi connectivity index (χ2n) is 4.64. The number of anilines is 2. The Labute approximate surface area is 123 Å². The number of hydrogen-bond acceptors (Lipinski definition) is 4. The number of carboxylic acids is 1. The van der Waals surface area contributed by atoms with Crippen LogP contribution in [0.1, 0.15) is 15.9 Å². The van der Waals surface area contributed by atoms with Crippen molar-refractivity contribution in [2.75, 3.05) is 24.7 Å². The molecule has 0 radical (unpaired) electrons. The largest absolute Gasteiger partial charge is 0.497 e. The summed E-state index contributed by atoms with van der Waals surface area (Å²) in [6.45, 7) is 0.653. The minimum absolute atomic E-state index is 0.216. The molecule has 0 aliphatic heterocycles. The Hall–Kier alpha value is -2.69. The van der Waals surface area contributed by atoms with Crippen molar-refractivity contribution in [3.8, 4) is 5.75 Å². The normalized spacial score (nSPS) is 10.1. The smallest absolute Gasteiger partial charge is 0.335 e. The Morgan fingerprint density at radius 1 is 1.29 bits per heavy atom. The maximum absolute atomic E-state index is 10.9. The van der Waals surface area contributed by atoms with E-state index in [4.69, 9.17) is 15.6 Å². The fourth-order valence-corrected chi connectivity index (χ4v) is 2.01. The summed E-state index contributed by atoms with van der Waals surface area (Å²) in [6.07, 6.45) is 0.786. The van der Waals surface area contributed by atoms with Crippen molar-refractivity contribution in [1.29, 1.82) is 0 Å². The Morgan fingerprint density at radius 3 is 2.81 bits per heavy atom. The number of ether oxygens (including phenoxy) is 1. The number of benzene rings is 2. The summed E-state index contributed by atoms with van der Waals surface area (Å²) < 4.78 is 5.17. The van der Waals surface area contributed by atoms with Crippen LogP contribution < -0.4 is 15.8 Å². The highest BCUT2D eigenvalue weighted by atomic mass is 16.5. The van der Waals surface area contributed by atoms with E-state index in [0.29, 0.717) is 17.9 Å². The van der Waals surface area contributed by atoms with E-state index in [0.717, 1.165) is 17.7 Å². The molecule has 5 nitrogen and oxygen atoms in total. The molecule has 2 rings (SSSR count). The average molecular weight is 286 g/mol. The fourth-order valence-electron chi connectivity index (χ4n) is 2.01. The number of hydrogen-bond donors (Lipinski definition) is 3. The van der Waals surface area contributed by atoms with E-state index in [1.807, 2.05) is 24.3 Å². The standard InChI is InChI=1S/C16H18N2O3/c1-21-13-4-2-3-11(9-13)7-8-18-15-10-12(16(19)20)5-6-14(15)17/h2-6,9-10,18H,7-8,17H2,1H3,(H,19,20). The number of nitrogen functional groups attached to an aromatic ring is 1. The monoisotopic (exact) mass is 286 g/mol. The number of methoxy groups -OCH3 is 1. The van der Waals surface area contributed by atoms with Crippen molar-refractivity contribution < 1.29 is 14.6 Å². The molecule has 0 amide bonds.